The molecular weight excluding hydrogens is 366 g/mol. The number of piperidine rings is 1. The molecule has 0 spiro atoms. The Labute approximate surface area is 171 Å². The molecular formula is C23H27N3O3. The average molecular weight is 393 g/mol. The molecule has 1 fully saturated rings. The molecule has 0 radical (unpaired) electrons. The van der Waals surface area contributed by atoms with E-state index in [4.69, 9.17) is 9.47 Å². The molecule has 0 aliphatic carbocycles. The van der Waals surface area contributed by atoms with E-state index in [-0.39, 0.29) is 5.91 Å². The third-order valence-electron chi connectivity index (χ3n) is 5.65. The molecule has 152 valence electrons. The van der Waals surface area contributed by atoms with Gasteiger partial charge in [0, 0.05) is 18.7 Å². The molecule has 0 saturated carbocycles. The van der Waals surface area contributed by atoms with Crippen LogP contribution in [0.5, 0.6) is 11.5 Å². The molecule has 29 heavy (non-hydrogen) atoms. The van der Waals surface area contributed by atoms with Gasteiger partial charge in [0.1, 0.15) is 11.5 Å². The van der Waals surface area contributed by atoms with Crippen molar-refractivity contribution in [2.45, 2.75) is 32.1 Å². The number of fused-ring (bicyclic) bond motifs is 1. The molecule has 3 aromatic rings. The molecule has 6 nitrogen and oxygen atoms in total. The number of benzene rings is 1. The Morgan fingerprint density at radius 3 is 2.55 bits per heavy atom. The van der Waals surface area contributed by atoms with E-state index in [2.05, 4.69) is 11.2 Å². The maximum atomic E-state index is 12.5. The van der Waals surface area contributed by atoms with E-state index in [1.807, 2.05) is 59.1 Å². The standard InChI is InChI=1S/C23H27N3O3/c1-17-3-5-19(6-4-17)29-14-11-23(27)25-12-9-18(10-13-25)21-15-24-26-16-20(28-2)7-8-22(21)26/h3-8,15-16,18H,9-14H2,1-2H3. The van der Waals surface area contributed by atoms with Gasteiger partial charge in [-0.15, -0.1) is 0 Å². The van der Waals surface area contributed by atoms with Crippen molar-refractivity contribution in [3.8, 4) is 11.5 Å². The number of hydrogen-bond donors (Lipinski definition) is 0. The fourth-order valence-corrected chi connectivity index (χ4v) is 3.91. The van der Waals surface area contributed by atoms with E-state index >= 15 is 0 Å². The van der Waals surface area contributed by atoms with E-state index in [9.17, 15) is 4.79 Å². The summed E-state index contributed by atoms with van der Waals surface area (Å²) in [5.74, 6) is 2.20. The summed E-state index contributed by atoms with van der Waals surface area (Å²) < 4.78 is 12.8. The quantitative estimate of drug-likeness (QED) is 0.639. The van der Waals surface area contributed by atoms with Crippen molar-refractivity contribution in [3.63, 3.8) is 0 Å². The smallest absolute Gasteiger partial charge is 0.225 e. The summed E-state index contributed by atoms with van der Waals surface area (Å²) in [5, 5.41) is 4.47. The van der Waals surface area contributed by atoms with E-state index < -0.39 is 0 Å². The van der Waals surface area contributed by atoms with E-state index in [0.717, 1.165) is 42.9 Å². The second-order valence-electron chi connectivity index (χ2n) is 7.57. The van der Waals surface area contributed by atoms with Crippen molar-refractivity contribution in [3.05, 3.63) is 59.9 Å². The zero-order chi connectivity index (χ0) is 20.2. The minimum atomic E-state index is 0.167. The predicted octanol–water partition coefficient (Wildman–Crippen LogP) is 3.83. The van der Waals surface area contributed by atoms with Crippen LogP contribution in [0.15, 0.2) is 48.8 Å². The van der Waals surface area contributed by atoms with Crippen molar-refractivity contribution >= 4 is 11.4 Å². The second-order valence-corrected chi connectivity index (χ2v) is 7.57. The number of hydrogen-bond acceptors (Lipinski definition) is 4. The highest BCUT2D eigenvalue weighted by molar-refractivity contribution is 5.76. The molecule has 0 bridgehead atoms. The highest BCUT2D eigenvalue weighted by Gasteiger charge is 2.25. The maximum Gasteiger partial charge on any atom is 0.225 e. The van der Waals surface area contributed by atoms with Gasteiger partial charge >= 0.3 is 0 Å². The first kappa shape index (κ1) is 19.3. The number of likely N-dealkylation sites (tertiary alicyclic amines) is 1. The van der Waals surface area contributed by atoms with Gasteiger partial charge in [0.05, 0.1) is 38.0 Å². The van der Waals surface area contributed by atoms with Crippen LogP contribution in [-0.4, -0.2) is 47.2 Å². The van der Waals surface area contributed by atoms with E-state index in [1.54, 1.807) is 7.11 Å². The summed E-state index contributed by atoms with van der Waals surface area (Å²) in [6.07, 6.45) is 6.17. The van der Waals surface area contributed by atoms with Gasteiger partial charge in [-0.05, 0) is 49.9 Å². The molecule has 2 aromatic heterocycles. The van der Waals surface area contributed by atoms with Crippen LogP contribution in [0.3, 0.4) is 0 Å². The molecule has 4 rings (SSSR count). The SMILES string of the molecule is COc1ccc2c(C3CCN(C(=O)CCOc4ccc(C)cc4)CC3)cnn2c1. The Hall–Kier alpha value is -3.02. The molecule has 0 unspecified atom stereocenters. The number of carbonyl (C=O) groups is 1. The van der Waals surface area contributed by atoms with Crippen LogP contribution in [0.4, 0.5) is 0 Å². The number of carbonyl (C=O) groups excluding carboxylic acids is 1. The molecule has 6 heteroatoms. The molecule has 1 saturated heterocycles. The van der Waals surface area contributed by atoms with Gasteiger partial charge in [0.25, 0.3) is 0 Å². The van der Waals surface area contributed by atoms with Crippen LogP contribution in [0.1, 0.15) is 36.3 Å². The second kappa shape index (κ2) is 8.55. The zero-order valence-electron chi connectivity index (χ0n) is 17.0. The lowest BCUT2D eigenvalue weighted by atomic mass is 9.90. The Bertz CT molecular complexity index is 973. The first-order valence-electron chi connectivity index (χ1n) is 10.1. The van der Waals surface area contributed by atoms with Crippen LogP contribution in [0, 0.1) is 6.92 Å². The Balaban J connectivity index is 1.29. The lowest BCUT2D eigenvalue weighted by Crippen LogP contribution is -2.38. The molecule has 1 aromatic carbocycles. The summed E-state index contributed by atoms with van der Waals surface area (Å²) in [5.41, 5.74) is 3.56. The zero-order valence-corrected chi connectivity index (χ0v) is 17.0. The highest BCUT2D eigenvalue weighted by Crippen LogP contribution is 2.31. The third kappa shape index (κ3) is 4.36. The van der Waals surface area contributed by atoms with Crippen molar-refractivity contribution in [1.82, 2.24) is 14.5 Å². The fraction of sp³-hybridized carbons (Fsp3) is 0.391. The summed E-state index contributed by atoms with van der Waals surface area (Å²) >= 11 is 0. The lowest BCUT2D eigenvalue weighted by Gasteiger charge is -2.32. The number of aryl methyl sites for hydroxylation is 1. The normalized spacial score (nSPS) is 14.9. The number of pyridine rings is 1. The molecule has 1 aliphatic heterocycles. The fourth-order valence-electron chi connectivity index (χ4n) is 3.91. The Morgan fingerprint density at radius 2 is 1.83 bits per heavy atom. The molecule has 0 atom stereocenters. The molecule has 1 aliphatic rings. The first-order valence-corrected chi connectivity index (χ1v) is 10.1. The summed E-state index contributed by atoms with van der Waals surface area (Å²) in [6.45, 7) is 4.02. The summed E-state index contributed by atoms with van der Waals surface area (Å²) in [6, 6.07) is 11.9. The number of ether oxygens (including phenoxy) is 2. The van der Waals surface area contributed by atoms with Crippen LogP contribution in [0.25, 0.3) is 5.52 Å². The molecule has 3 heterocycles. The number of amides is 1. The van der Waals surface area contributed by atoms with Crippen molar-refractivity contribution in [1.29, 1.82) is 0 Å². The van der Waals surface area contributed by atoms with Gasteiger partial charge in [0.15, 0.2) is 0 Å². The van der Waals surface area contributed by atoms with E-state index in [1.165, 1.54) is 11.1 Å². The largest absolute Gasteiger partial charge is 0.495 e. The number of rotatable bonds is 6. The minimum Gasteiger partial charge on any atom is -0.495 e. The van der Waals surface area contributed by atoms with Crippen LogP contribution < -0.4 is 9.47 Å². The monoisotopic (exact) mass is 393 g/mol. The van der Waals surface area contributed by atoms with Gasteiger partial charge in [-0.2, -0.15) is 5.10 Å². The molecule has 1 amide bonds. The van der Waals surface area contributed by atoms with Crippen LogP contribution in [0.2, 0.25) is 0 Å². The number of nitrogens with zero attached hydrogens (tertiary/aromatic N) is 3. The van der Waals surface area contributed by atoms with Crippen LogP contribution in [-0.2, 0) is 4.79 Å². The molecule has 0 N–H and O–H groups in total. The van der Waals surface area contributed by atoms with Crippen LogP contribution >= 0.6 is 0 Å². The van der Waals surface area contributed by atoms with Crippen molar-refractivity contribution in [2.24, 2.45) is 0 Å². The van der Waals surface area contributed by atoms with Crippen molar-refractivity contribution in [2.75, 3.05) is 26.8 Å². The summed E-state index contributed by atoms with van der Waals surface area (Å²) in [4.78, 5) is 14.5. The van der Waals surface area contributed by atoms with E-state index in [0.29, 0.717) is 18.9 Å². The number of methoxy groups -OCH3 is 1. The maximum absolute atomic E-state index is 12.5. The topological polar surface area (TPSA) is 56.1 Å². The number of aromatic nitrogens is 2. The minimum absolute atomic E-state index is 0.167. The Kier molecular flexibility index (Phi) is 5.69. The van der Waals surface area contributed by atoms with Gasteiger partial charge in [0.2, 0.25) is 5.91 Å². The summed E-state index contributed by atoms with van der Waals surface area (Å²) in [7, 11) is 1.66. The van der Waals surface area contributed by atoms with Gasteiger partial charge in [-0.1, -0.05) is 17.7 Å². The first-order chi connectivity index (χ1) is 14.1. The average Bonchev–Trinajstić information content (AvgIpc) is 3.18. The predicted molar refractivity (Wildman–Crippen MR) is 112 cm³/mol. The van der Waals surface area contributed by atoms with Gasteiger partial charge in [-0.25, -0.2) is 4.52 Å². The highest BCUT2D eigenvalue weighted by atomic mass is 16.5. The lowest BCUT2D eigenvalue weighted by molar-refractivity contribution is -0.132. The van der Waals surface area contributed by atoms with Crippen molar-refractivity contribution < 1.29 is 14.3 Å². The Morgan fingerprint density at radius 1 is 1.10 bits per heavy atom. The van der Waals surface area contributed by atoms with Gasteiger partial charge < -0.3 is 14.4 Å². The van der Waals surface area contributed by atoms with Gasteiger partial charge in [-0.3, -0.25) is 4.79 Å². The third-order valence-corrected chi connectivity index (χ3v) is 5.65.